The van der Waals surface area contributed by atoms with Crippen molar-refractivity contribution in [3.8, 4) is 0 Å². The summed E-state index contributed by atoms with van der Waals surface area (Å²) < 4.78 is 0. The summed E-state index contributed by atoms with van der Waals surface area (Å²) in [5, 5.41) is 18.4. The highest BCUT2D eigenvalue weighted by molar-refractivity contribution is 6.58. The van der Waals surface area contributed by atoms with Crippen LogP contribution in [0.5, 0.6) is 0 Å². The van der Waals surface area contributed by atoms with Crippen LogP contribution in [-0.4, -0.2) is 17.2 Å². The summed E-state index contributed by atoms with van der Waals surface area (Å²) in [4.78, 5) is 0. The molecule has 0 heterocycles. The minimum absolute atomic E-state index is 0.523. The molecule has 0 aromatic heterocycles. The molecule has 2 N–H and O–H groups in total. The van der Waals surface area contributed by atoms with E-state index in [0.29, 0.717) is 17.3 Å². The van der Waals surface area contributed by atoms with Gasteiger partial charge in [0.25, 0.3) is 0 Å². The second-order valence-corrected chi connectivity index (χ2v) is 5.22. The van der Waals surface area contributed by atoms with Crippen LogP contribution < -0.4 is 5.46 Å². The lowest BCUT2D eigenvalue weighted by molar-refractivity contribution is 0.346. The topological polar surface area (TPSA) is 40.5 Å². The van der Waals surface area contributed by atoms with Gasteiger partial charge in [0.15, 0.2) is 0 Å². The van der Waals surface area contributed by atoms with E-state index < -0.39 is 7.12 Å². The Balaban J connectivity index is 1.65. The van der Waals surface area contributed by atoms with Gasteiger partial charge in [-0.2, -0.15) is 0 Å². The second kappa shape index (κ2) is 3.12. The van der Waals surface area contributed by atoms with Crippen molar-refractivity contribution >= 4 is 12.6 Å². The number of hydrogen-bond acceptors (Lipinski definition) is 2. The van der Waals surface area contributed by atoms with E-state index in [1.807, 2.05) is 12.1 Å². The fourth-order valence-electron chi connectivity index (χ4n) is 3.42. The zero-order chi connectivity index (χ0) is 11.6. The van der Waals surface area contributed by atoms with E-state index >= 15 is 0 Å². The van der Waals surface area contributed by atoms with Crippen molar-refractivity contribution in [2.75, 3.05) is 0 Å². The highest BCUT2D eigenvalue weighted by atomic mass is 16.4. The molecule has 3 aliphatic rings. The van der Waals surface area contributed by atoms with E-state index in [-0.39, 0.29) is 0 Å². The lowest BCUT2D eigenvalue weighted by Gasteiger charge is -2.55. The number of hydrogen-bond donors (Lipinski definition) is 2. The number of allylic oxidation sites excluding steroid dienone is 4. The summed E-state index contributed by atoms with van der Waals surface area (Å²) in [7, 11) is -1.36. The van der Waals surface area contributed by atoms with Crippen molar-refractivity contribution in [2.24, 2.45) is 11.8 Å². The highest BCUT2D eigenvalue weighted by Gasteiger charge is 2.51. The number of benzene rings is 1. The second-order valence-electron chi connectivity index (χ2n) is 5.22. The lowest BCUT2D eigenvalue weighted by atomic mass is 9.48. The summed E-state index contributed by atoms with van der Waals surface area (Å²) in [5.41, 5.74) is 5.06. The van der Waals surface area contributed by atoms with Gasteiger partial charge in [0.1, 0.15) is 0 Å². The Kier molecular flexibility index (Phi) is 1.78. The monoisotopic (exact) mass is 224 g/mol. The first-order valence-electron chi connectivity index (χ1n) is 6.13. The fourth-order valence-corrected chi connectivity index (χ4v) is 3.42. The highest BCUT2D eigenvalue weighted by Crippen LogP contribution is 2.64. The maximum absolute atomic E-state index is 9.19. The van der Waals surface area contributed by atoms with Gasteiger partial charge in [-0.3, -0.25) is 0 Å². The molecule has 1 aromatic carbocycles. The van der Waals surface area contributed by atoms with E-state index in [1.54, 1.807) is 17.2 Å². The standard InChI is InChI=1S/C14H13BO2/c16-15(17)9-3-1-2-8(6-9)12-7-13-10-4-5-11(10)14(12)13/h1-6,10-12,16-17H,7H2/t10-,11?,12?/m0/s1. The predicted molar refractivity (Wildman–Crippen MR) is 66.8 cm³/mol. The van der Waals surface area contributed by atoms with Gasteiger partial charge in [0.2, 0.25) is 0 Å². The third-order valence-corrected chi connectivity index (χ3v) is 4.46. The number of rotatable bonds is 2. The molecule has 3 atom stereocenters. The Labute approximate surface area is 100 Å². The molecule has 2 nitrogen and oxygen atoms in total. The zero-order valence-corrected chi connectivity index (χ0v) is 9.38. The van der Waals surface area contributed by atoms with Crippen LogP contribution in [0.25, 0.3) is 0 Å². The maximum atomic E-state index is 9.19. The Morgan fingerprint density at radius 2 is 1.94 bits per heavy atom. The van der Waals surface area contributed by atoms with E-state index in [1.165, 1.54) is 5.56 Å². The molecule has 0 fully saturated rings. The molecule has 3 aliphatic carbocycles. The van der Waals surface area contributed by atoms with Gasteiger partial charge in [-0.15, -0.1) is 0 Å². The van der Waals surface area contributed by atoms with Gasteiger partial charge < -0.3 is 10.0 Å². The van der Waals surface area contributed by atoms with Crippen LogP contribution in [0.3, 0.4) is 0 Å². The van der Waals surface area contributed by atoms with Gasteiger partial charge in [0.05, 0.1) is 0 Å². The van der Waals surface area contributed by atoms with E-state index in [2.05, 4.69) is 18.2 Å². The first-order valence-corrected chi connectivity index (χ1v) is 6.13. The molecular weight excluding hydrogens is 211 g/mol. The summed E-state index contributed by atoms with van der Waals surface area (Å²) in [5.74, 6) is 1.98. The Morgan fingerprint density at radius 3 is 2.59 bits per heavy atom. The maximum Gasteiger partial charge on any atom is 0.488 e. The Hall–Kier alpha value is -1.32. The molecule has 0 bridgehead atoms. The van der Waals surface area contributed by atoms with Crippen LogP contribution in [0.1, 0.15) is 17.9 Å². The van der Waals surface area contributed by atoms with Crippen LogP contribution in [-0.2, 0) is 0 Å². The van der Waals surface area contributed by atoms with E-state index in [0.717, 1.165) is 12.3 Å². The Morgan fingerprint density at radius 1 is 1.12 bits per heavy atom. The van der Waals surface area contributed by atoms with Crippen LogP contribution in [0.2, 0.25) is 0 Å². The molecule has 2 unspecified atom stereocenters. The largest absolute Gasteiger partial charge is 0.488 e. The van der Waals surface area contributed by atoms with E-state index in [4.69, 9.17) is 0 Å². The van der Waals surface area contributed by atoms with Crippen molar-refractivity contribution in [2.45, 2.75) is 12.3 Å². The summed E-state index contributed by atoms with van der Waals surface area (Å²) in [6.45, 7) is 0. The van der Waals surface area contributed by atoms with Gasteiger partial charge in [-0.25, -0.2) is 0 Å². The third-order valence-electron chi connectivity index (χ3n) is 4.46. The van der Waals surface area contributed by atoms with Crippen molar-refractivity contribution < 1.29 is 10.0 Å². The molecular formula is C14H13BO2. The van der Waals surface area contributed by atoms with Crippen molar-refractivity contribution in [1.29, 1.82) is 0 Å². The minimum atomic E-state index is -1.36. The molecule has 17 heavy (non-hydrogen) atoms. The smallest absolute Gasteiger partial charge is 0.423 e. The molecule has 0 saturated carbocycles. The lowest BCUT2D eigenvalue weighted by Crippen LogP contribution is -2.44. The van der Waals surface area contributed by atoms with Crippen LogP contribution in [0.15, 0.2) is 47.6 Å². The van der Waals surface area contributed by atoms with E-state index in [9.17, 15) is 10.0 Å². The molecule has 0 amide bonds. The predicted octanol–water partition coefficient (Wildman–Crippen LogP) is 0.966. The summed E-state index contributed by atoms with van der Waals surface area (Å²) in [6, 6.07) is 7.69. The molecule has 1 aromatic rings. The van der Waals surface area contributed by atoms with Crippen molar-refractivity contribution in [1.82, 2.24) is 0 Å². The van der Waals surface area contributed by atoms with Crippen LogP contribution >= 0.6 is 0 Å². The van der Waals surface area contributed by atoms with Crippen molar-refractivity contribution in [3.63, 3.8) is 0 Å². The average Bonchev–Trinajstić information content (AvgIpc) is 2.29. The Bertz CT molecular complexity index is 559. The molecule has 84 valence electrons. The normalized spacial score (nSPS) is 32.0. The minimum Gasteiger partial charge on any atom is -0.423 e. The van der Waals surface area contributed by atoms with Gasteiger partial charge >= 0.3 is 7.12 Å². The molecule has 0 aliphatic heterocycles. The summed E-state index contributed by atoms with van der Waals surface area (Å²) in [6.07, 6.45) is 5.75. The van der Waals surface area contributed by atoms with Gasteiger partial charge in [-0.1, -0.05) is 47.6 Å². The SMILES string of the molecule is OB(O)c1cccc(C2CC3=C2C2C=C[C@H]32)c1. The van der Waals surface area contributed by atoms with Gasteiger partial charge in [-0.05, 0) is 17.4 Å². The number of fused-ring (bicyclic) bond motifs is 3. The fraction of sp³-hybridized carbons (Fsp3) is 0.286. The van der Waals surface area contributed by atoms with Crippen LogP contribution in [0, 0.1) is 11.8 Å². The molecule has 3 heteroatoms. The van der Waals surface area contributed by atoms with Crippen molar-refractivity contribution in [3.05, 3.63) is 53.1 Å². The zero-order valence-electron chi connectivity index (χ0n) is 9.38. The molecule has 4 rings (SSSR count). The first kappa shape index (κ1) is 9.69. The quantitative estimate of drug-likeness (QED) is 0.580. The molecule has 0 spiro atoms. The van der Waals surface area contributed by atoms with Crippen LogP contribution in [0.4, 0.5) is 0 Å². The molecule has 0 radical (unpaired) electrons. The van der Waals surface area contributed by atoms with Gasteiger partial charge in [0, 0.05) is 17.8 Å². The average molecular weight is 224 g/mol. The summed E-state index contributed by atoms with van der Waals surface area (Å²) >= 11 is 0. The third kappa shape index (κ3) is 1.13. The first-order chi connectivity index (χ1) is 8.25. The molecule has 0 saturated heterocycles.